The van der Waals surface area contributed by atoms with E-state index >= 15 is 0 Å². The van der Waals surface area contributed by atoms with Crippen LogP contribution in [-0.2, 0) is 32.8 Å². The van der Waals surface area contributed by atoms with Gasteiger partial charge in [-0.15, -0.1) is 0 Å². The maximum absolute atomic E-state index is 13.4. The van der Waals surface area contributed by atoms with Crippen molar-refractivity contribution in [1.82, 2.24) is 10.2 Å². The van der Waals surface area contributed by atoms with E-state index < -0.39 is 30.7 Å². The van der Waals surface area contributed by atoms with Crippen molar-refractivity contribution < 1.29 is 16.8 Å². The molecule has 1 saturated heterocycles. The average molecular weight is 513 g/mol. The Bertz CT molecular complexity index is 1380. The van der Waals surface area contributed by atoms with E-state index in [4.69, 9.17) is 0 Å². The third-order valence-electron chi connectivity index (χ3n) is 6.73. The second-order valence-corrected chi connectivity index (χ2v) is 13.2. The van der Waals surface area contributed by atoms with E-state index in [1.165, 1.54) is 23.8 Å². The molecule has 0 aromatic heterocycles. The summed E-state index contributed by atoms with van der Waals surface area (Å²) in [4.78, 5) is 2.70. The normalized spacial score (nSPS) is 21.4. The van der Waals surface area contributed by atoms with Crippen molar-refractivity contribution in [3.8, 4) is 0 Å². The molecule has 0 saturated carbocycles. The quantitative estimate of drug-likeness (QED) is 0.515. The first-order chi connectivity index (χ1) is 16.3. The van der Waals surface area contributed by atoms with Crippen LogP contribution in [0.5, 0.6) is 0 Å². The van der Waals surface area contributed by atoms with E-state index in [9.17, 15) is 16.8 Å². The molecule has 2 aliphatic rings. The minimum absolute atomic E-state index is 0. The molecule has 186 valence electrons. The van der Waals surface area contributed by atoms with E-state index in [1.54, 1.807) is 24.3 Å². The van der Waals surface area contributed by atoms with Gasteiger partial charge in [-0.1, -0.05) is 68.1 Å². The molecule has 0 bridgehead atoms. The molecular weight excluding hydrogens is 480 g/mol. The standard InChI is InChI=1S/C26H28N2O4S2.CH4/c29-33(30)19-25(34(31,32)23-11-5-2-6-12-23)26-21(10-7-13-24(26)33)16-27-22-14-15-28(18-22)17-20-8-3-1-4-9-20;/h1-13,22,25,27H,14-19H2;1H4/t22-,25?;/m0./s1. The summed E-state index contributed by atoms with van der Waals surface area (Å²) in [5.41, 5.74) is 2.45. The fourth-order valence-electron chi connectivity index (χ4n) is 5.01. The largest absolute Gasteiger partial charge is 0.309 e. The van der Waals surface area contributed by atoms with E-state index in [1.807, 2.05) is 24.3 Å². The molecule has 1 unspecified atom stereocenters. The van der Waals surface area contributed by atoms with Crippen molar-refractivity contribution in [1.29, 1.82) is 0 Å². The Morgan fingerprint density at radius 1 is 0.914 bits per heavy atom. The highest BCUT2D eigenvalue weighted by molar-refractivity contribution is 7.96. The molecule has 3 aromatic carbocycles. The van der Waals surface area contributed by atoms with E-state index in [-0.39, 0.29) is 23.3 Å². The molecule has 1 N–H and O–H groups in total. The van der Waals surface area contributed by atoms with Gasteiger partial charge in [-0.05, 0) is 41.3 Å². The summed E-state index contributed by atoms with van der Waals surface area (Å²) in [6.45, 7) is 3.21. The van der Waals surface area contributed by atoms with Gasteiger partial charge in [0.2, 0.25) is 0 Å². The molecule has 0 amide bonds. The lowest BCUT2D eigenvalue weighted by Gasteiger charge is -2.19. The van der Waals surface area contributed by atoms with Crippen LogP contribution in [0.3, 0.4) is 0 Å². The molecule has 0 aliphatic carbocycles. The highest BCUT2D eigenvalue weighted by Crippen LogP contribution is 2.42. The Labute approximate surface area is 208 Å². The molecule has 6 nitrogen and oxygen atoms in total. The Kier molecular flexibility index (Phi) is 7.47. The first kappa shape index (κ1) is 25.6. The lowest BCUT2D eigenvalue weighted by Crippen LogP contribution is -2.32. The molecule has 2 atom stereocenters. The second-order valence-electron chi connectivity index (χ2n) is 9.04. The average Bonchev–Trinajstić information content (AvgIpc) is 3.41. The van der Waals surface area contributed by atoms with Crippen LogP contribution in [-0.4, -0.2) is 46.6 Å². The van der Waals surface area contributed by atoms with Crippen LogP contribution in [0.2, 0.25) is 0 Å². The zero-order valence-corrected chi connectivity index (χ0v) is 20.4. The van der Waals surface area contributed by atoms with Gasteiger partial charge in [0.1, 0.15) is 5.25 Å². The van der Waals surface area contributed by atoms with Crippen molar-refractivity contribution in [2.45, 2.75) is 48.0 Å². The van der Waals surface area contributed by atoms with Crippen LogP contribution in [0, 0.1) is 0 Å². The number of hydrogen-bond acceptors (Lipinski definition) is 6. The SMILES string of the molecule is C.O=S1(=O)CC(S(=O)(=O)c2ccccc2)c2c(CN[C@H]3CCN(Cc4ccccc4)C3)cccc21. The zero-order chi connectivity index (χ0) is 23.8. The maximum atomic E-state index is 13.4. The van der Waals surface area contributed by atoms with Gasteiger partial charge in [0.05, 0.1) is 15.5 Å². The zero-order valence-electron chi connectivity index (χ0n) is 18.8. The topological polar surface area (TPSA) is 83.5 Å². The summed E-state index contributed by atoms with van der Waals surface area (Å²) in [5.74, 6) is -0.412. The predicted molar refractivity (Wildman–Crippen MR) is 139 cm³/mol. The Hall–Kier alpha value is -2.52. The van der Waals surface area contributed by atoms with E-state index in [2.05, 4.69) is 22.3 Å². The van der Waals surface area contributed by atoms with Gasteiger partial charge in [-0.2, -0.15) is 0 Å². The first-order valence-electron chi connectivity index (χ1n) is 11.5. The molecule has 8 heteroatoms. The number of hydrogen-bond donors (Lipinski definition) is 1. The molecular formula is C27H32N2O4S2. The highest BCUT2D eigenvalue weighted by Gasteiger charge is 2.44. The summed E-state index contributed by atoms with van der Waals surface area (Å²) < 4.78 is 52.6. The fourth-order valence-corrected chi connectivity index (χ4v) is 9.43. The van der Waals surface area contributed by atoms with Crippen LogP contribution in [0.25, 0.3) is 0 Å². The summed E-state index contributed by atoms with van der Waals surface area (Å²) in [5, 5.41) is 2.46. The lowest BCUT2D eigenvalue weighted by molar-refractivity contribution is 0.320. The molecule has 35 heavy (non-hydrogen) atoms. The first-order valence-corrected chi connectivity index (χ1v) is 14.7. The summed E-state index contributed by atoms with van der Waals surface area (Å²) in [6, 6.07) is 23.8. The number of sulfone groups is 2. The minimum Gasteiger partial charge on any atom is -0.309 e. The van der Waals surface area contributed by atoms with Crippen LogP contribution in [0.4, 0.5) is 0 Å². The van der Waals surface area contributed by atoms with Crippen LogP contribution in [0.1, 0.15) is 35.8 Å². The van der Waals surface area contributed by atoms with Gasteiger partial charge in [-0.25, -0.2) is 16.8 Å². The minimum atomic E-state index is -3.84. The molecule has 1 fully saturated rings. The molecule has 2 heterocycles. The van der Waals surface area contributed by atoms with Crippen molar-refractivity contribution in [2.24, 2.45) is 0 Å². The summed E-state index contributed by atoms with van der Waals surface area (Å²) in [7, 11) is -7.51. The number of benzene rings is 3. The maximum Gasteiger partial charge on any atom is 0.186 e. The smallest absolute Gasteiger partial charge is 0.186 e. The molecule has 5 rings (SSSR count). The lowest BCUT2D eigenvalue weighted by atomic mass is 10.0. The van der Waals surface area contributed by atoms with Crippen LogP contribution in [0.15, 0.2) is 88.7 Å². The van der Waals surface area contributed by atoms with Crippen molar-refractivity contribution in [3.05, 3.63) is 95.6 Å². The van der Waals surface area contributed by atoms with E-state index in [0.29, 0.717) is 12.1 Å². The van der Waals surface area contributed by atoms with Gasteiger partial charge in [-0.3, -0.25) is 4.90 Å². The Morgan fingerprint density at radius 2 is 1.60 bits per heavy atom. The number of nitrogens with one attached hydrogen (secondary N) is 1. The third kappa shape index (κ3) is 5.21. The Morgan fingerprint density at radius 3 is 2.31 bits per heavy atom. The van der Waals surface area contributed by atoms with Crippen LogP contribution < -0.4 is 5.32 Å². The number of nitrogens with zero attached hydrogens (tertiary/aromatic N) is 1. The monoisotopic (exact) mass is 512 g/mol. The van der Waals surface area contributed by atoms with Crippen molar-refractivity contribution >= 4 is 19.7 Å². The number of fused-ring (bicyclic) bond motifs is 1. The van der Waals surface area contributed by atoms with Crippen molar-refractivity contribution in [3.63, 3.8) is 0 Å². The molecule has 2 aliphatic heterocycles. The molecule has 0 spiro atoms. The van der Waals surface area contributed by atoms with Gasteiger partial charge < -0.3 is 5.32 Å². The fraction of sp³-hybridized carbons (Fsp3) is 0.333. The summed E-state index contributed by atoms with van der Waals surface area (Å²) >= 11 is 0. The van der Waals surface area contributed by atoms with Gasteiger partial charge in [0, 0.05) is 32.2 Å². The third-order valence-corrected chi connectivity index (χ3v) is 10.8. The second kappa shape index (κ2) is 10.2. The highest BCUT2D eigenvalue weighted by atomic mass is 32.2. The predicted octanol–water partition coefficient (Wildman–Crippen LogP) is 3.99. The molecule has 3 aromatic rings. The van der Waals surface area contributed by atoms with Crippen molar-refractivity contribution in [2.75, 3.05) is 18.8 Å². The summed E-state index contributed by atoms with van der Waals surface area (Å²) in [6.07, 6.45) is 0.992. The van der Waals surface area contributed by atoms with Crippen LogP contribution >= 0.6 is 0 Å². The van der Waals surface area contributed by atoms with Gasteiger partial charge in [0.15, 0.2) is 19.7 Å². The Balaban J connectivity index is 0.00000289. The van der Waals surface area contributed by atoms with Gasteiger partial charge in [0.25, 0.3) is 0 Å². The number of likely N-dealkylation sites (tertiary alicyclic amines) is 1. The van der Waals surface area contributed by atoms with Gasteiger partial charge >= 0.3 is 0 Å². The van der Waals surface area contributed by atoms with E-state index in [0.717, 1.165) is 31.6 Å². The number of rotatable bonds is 7. The molecule has 0 radical (unpaired) electrons.